The maximum Gasteiger partial charge on any atom is 0.148 e. The topological polar surface area (TPSA) is 66.0 Å². The first kappa shape index (κ1) is 11.0. The summed E-state index contributed by atoms with van der Waals surface area (Å²) in [5.74, 6) is 1.29. The Morgan fingerprint density at radius 3 is 3.06 bits per heavy atom. The molecule has 2 N–H and O–H groups in total. The molecule has 5 nitrogen and oxygen atoms in total. The SMILES string of the molecule is COc1cc(Cn2cccn2)cc2snc(N)c12. The Kier molecular flexibility index (Phi) is 2.64. The highest BCUT2D eigenvalue weighted by atomic mass is 32.1. The van der Waals surface area contributed by atoms with Gasteiger partial charge in [0.25, 0.3) is 0 Å². The van der Waals surface area contributed by atoms with Crippen LogP contribution in [-0.4, -0.2) is 21.3 Å². The zero-order valence-corrected chi connectivity index (χ0v) is 10.6. The molecule has 6 heteroatoms. The number of nitrogen functional groups attached to an aromatic ring is 1. The molecule has 2 aromatic heterocycles. The summed E-state index contributed by atoms with van der Waals surface area (Å²) in [4.78, 5) is 0. The number of hydrogen-bond donors (Lipinski definition) is 1. The summed E-state index contributed by atoms with van der Waals surface area (Å²) in [6.45, 7) is 0.705. The van der Waals surface area contributed by atoms with E-state index in [1.165, 1.54) is 11.5 Å². The highest BCUT2D eigenvalue weighted by Gasteiger charge is 2.11. The number of fused-ring (bicyclic) bond motifs is 1. The lowest BCUT2D eigenvalue weighted by Gasteiger charge is -2.07. The lowest BCUT2D eigenvalue weighted by Crippen LogP contribution is -2.00. The molecule has 3 rings (SSSR count). The summed E-state index contributed by atoms with van der Waals surface area (Å²) in [5.41, 5.74) is 6.96. The Balaban J connectivity index is 2.08. The van der Waals surface area contributed by atoms with Gasteiger partial charge in [0.05, 0.1) is 23.7 Å². The number of methoxy groups -OCH3 is 1. The molecule has 0 amide bonds. The fourth-order valence-electron chi connectivity index (χ4n) is 1.95. The quantitative estimate of drug-likeness (QED) is 0.783. The lowest BCUT2D eigenvalue weighted by molar-refractivity contribution is 0.419. The molecule has 3 aromatic rings. The predicted molar refractivity (Wildman–Crippen MR) is 71.9 cm³/mol. The third-order valence-corrected chi connectivity index (χ3v) is 3.55. The molecule has 92 valence electrons. The molecule has 0 aliphatic carbocycles. The van der Waals surface area contributed by atoms with Crippen LogP contribution in [0.25, 0.3) is 10.1 Å². The van der Waals surface area contributed by atoms with Crippen molar-refractivity contribution in [1.82, 2.24) is 14.2 Å². The van der Waals surface area contributed by atoms with Gasteiger partial charge in [0.1, 0.15) is 11.6 Å². The van der Waals surface area contributed by atoms with Crippen molar-refractivity contribution in [2.24, 2.45) is 0 Å². The number of nitrogens with two attached hydrogens (primary N) is 1. The van der Waals surface area contributed by atoms with E-state index in [9.17, 15) is 0 Å². The van der Waals surface area contributed by atoms with Crippen molar-refractivity contribution in [3.8, 4) is 5.75 Å². The van der Waals surface area contributed by atoms with Crippen LogP contribution in [-0.2, 0) is 6.54 Å². The van der Waals surface area contributed by atoms with Crippen molar-refractivity contribution in [2.75, 3.05) is 12.8 Å². The highest BCUT2D eigenvalue weighted by Crippen LogP contribution is 2.34. The van der Waals surface area contributed by atoms with Gasteiger partial charge in [0.2, 0.25) is 0 Å². The van der Waals surface area contributed by atoms with Gasteiger partial charge in [-0.15, -0.1) is 0 Å². The van der Waals surface area contributed by atoms with Gasteiger partial charge in [-0.3, -0.25) is 4.68 Å². The van der Waals surface area contributed by atoms with Crippen LogP contribution >= 0.6 is 11.5 Å². The molecule has 0 unspecified atom stereocenters. The van der Waals surface area contributed by atoms with Gasteiger partial charge in [-0.25, -0.2) is 0 Å². The lowest BCUT2D eigenvalue weighted by atomic mass is 10.1. The van der Waals surface area contributed by atoms with Gasteiger partial charge in [0.15, 0.2) is 0 Å². The van der Waals surface area contributed by atoms with Crippen molar-refractivity contribution in [2.45, 2.75) is 6.54 Å². The van der Waals surface area contributed by atoms with Gasteiger partial charge in [-0.05, 0) is 35.3 Å². The monoisotopic (exact) mass is 260 g/mol. The van der Waals surface area contributed by atoms with Crippen LogP contribution < -0.4 is 10.5 Å². The van der Waals surface area contributed by atoms with Crippen molar-refractivity contribution in [3.05, 3.63) is 36.2 Å². The number of anilines is 1. The van der Waals surface area contributed by atoms with E-state index in [-0.39, 0.29) is 0 Å². The number of nitrogens with zero attached hydrogens (tertiary/aromatic N) is 3. The molecule has 0 saturated carbocycles. The van der Waals surface area contributed by atoms with E-state index in [4.69, 9.17) is 10.5 Å². The van der Waals surface area contributed by atoms with E-state index in [1.54, 1.807) is 13.3 Å². The summed E-state index contributed by atoms with van der Waals surface area (Å²) in [6, 6.07) is 5.96. The summed E-state index contributed by atoms with van der Waals surface area (Å²) in [6.07, 6.45) is 3.69. The molecular formula is C12H12N4OS. The molecule has 0 spiro atoms. The molecule has 0 atom stereocenters. The van der Waals surface area contributed by atoms with Crippen molar-refractivity contribution >= 4 is 27.4 Å². The third-order valence-electron chi connectivity index (χ3n) is 2.75. The first-order chi connectivity index (χ1) is 8.78. The summed E-state index contributed by atoms with van der Waals surface area (Å²) in [5, 5.41) is 5.09. The Labute approximate surface area is 108 Å². The van der Waals surface area contributed by atoms with Crippen LogP contribution in [0.15, 0.2) is 30.6 Å². The molecule has 0 radical (unpaired) electrons. The molecule has 0 saturated heterocycles. The maximum absolute atomic E-state index is 5.84. The fraction of sp³-hybridized carbons (Fsp3) is 0.167. The van der Waals surface area contributed by atoms with Crippen LogP contribution in [0.2, 0.25) is 0 Å². The second-order valence-corrected chi connectivity index (χ2v) is 4.75. The minimum absolute atomic E-state index is 0.525. The van der Waals surface area contributed by atoms with Crippen LogP contribution in [0.1, 0.15) is 5.56 Å². The number of aromatic nitrogens is 3. The second kappa shape index (κ2) is 4.30. The van der Waals surface area contributed by atoms with E-state index in [0.717, 1.165) is 21.4 Å². The molecule has 0 aliphatic rings. The van der Waals surface area contributed by atoms with E-state index >= 15 is 0 Å². The largest absolute Gasteiger partial charge is 0.496 e. The standard InChI is InChI=1S/C12H12N4OS/c1-17-9-5-8(7-16-4-2-3-14-16)6-10-11(9)12(13)15-18-10/h2-6H,7H2,1H3,(H2,13,15). The minimum atomic E-state index is 0.525. The highest BCUT2D eigenvalue weighted by molar-refractivity contribution is 7.13. The fourth-order valence-corrected chi connectivity index (χ4v) is 2.73. The zero-order valence-electron chi connectivity index (χ0n) is 9.83. The van der Waals surface area contributed by atoms with Gasteiger partial charge >= 0.3 is 0 Å². The van der Waals surface area contributed by atoms with Gasteiger partial charge in [-0.2, -0.15) is 9.47 Å². The average Bonchev–Trinajstić information content (AvgIpc) is 2.99. The van der Waals surface area contributed by atoms with Crippen molar-refractivity contribution < 1.29 is 4.74 Å². The van der Waals surface area contributed by atoms with Gasteiger partial charge < -0.3 is 10.5 Å². The second-order valence-electron chi connectivity index (χ2n) is 3.94. The molecule has 1 aromatic carbocycles. The average molecular weight is 260 g/mol. The predicted octanol–water partition coefficient (Wildman–Crippen LogP) is 2.13. The van der Waals surface area contributed by atoms with E-state index < -0.39 is 0 Å². The molecule has 0 fully saturated rings. The number of benzene rings is 1. The zero-order chi connectivity index (χ0) is 12.5. The van der Waals surface area contributed by atoms with Gasteiger partial charge in [-0.1, -0.05) is 0 Å². The smallest absolute Gasteiger partial charge is 0.148 e. The maximum atomic E-state index is 5.84. The summed E-state index contributed by atoms with van der Waals surface area (Å²) >= 11 is 1.39. The first-order valence-corrected chi connectivity index (χ1v) is 6.24. The Morgan fingerprint density at radius 2 is 2.33 bits per heavy atom. The molecule has 2 heterocycles. The molecule has 0 aliphatic heterocycles. The normalized spacial score (nSPS) is 10.9. The number of hydrogen-bond acceptors (Lipinski definition) is 5. The number of ether oxygens (including phenoxy) is 1. The first-order valence-electron chi connectivity index (χ1n) is 5.47. The van der Waals surface area contributed by atoms with Crippen LogP contribution in [0.4, 0.5) is 5.82 Å². The summed E-state index contributed by atoms with van der Waals surface area (Å²) in [7, 11) is 1.64. The van der Waals surface area contributed by atoms with Gasteiger partial charge in [0, 0.05) is 12.4 Å². The van der Waals surface area contributed by atoms with Crippen LogP contribution in [0, 0.1) is 0 Å². The van der Waals surface area contributed by atoms with Crippen LogP contribution in [0.5, 0.6) is 5.75 Å². The van der Waals surface area contributed by atoms with Crippen molar-refractivity contribution in [1.29, 1.82) is 0 Å². The summed E-state index contributed by atoms with van der Waals surface area (Å²) < 4.78 is 12.4. The van der Waals surface area contributed by atoms with Crippen LogP contribution in [0.3, 0.4) is 0 Å². The molecule has 0 bridgehead atoms. The van der Waals surface area contributed by atoms with Crippen molar-refractivity contribution in [3.63, 3.8) is 0 Å². The molecular weight excluding hydrogens is 248 g/mol. The Hall–Kier alpha value is -2.08. The molecule has 18 heavy (non-hydrogen) atoms. The Morgan fingerprint density at radius 1 is 1.44 bits per heavy atom. The Bertz CT molecular complexity index is 675. The number of rotatable bonds is 3. The van der Waals surface area contributed by atoms with E-state index in [1.807, 2.05) is 23.0 Å². The van der Waals surface area contributed by atoms with E-state index in [0.29, 0.717) is 12.4 Å². The minimum Gasteiger partial charge on any atom is -0.496 e. The van der Waals surface area contributed by atoms with E-state index in [2.05, 4.69) is 15.5 Å². The third kappa shape index (κ3) is 1.80.